The van der Waals surface area contributed by atoms with Crippen LogP contribution in [0.1, 0.15) is 10.4 Å². The molecule has 0 radical (unpaired) electrons. The Labute approximate surface area is 130 Å². The molecule has 0 bridgehead atoms. The van der Waals surface area contributed by atoms with Crippen molar-refractivity contribution in [2.24, 2.45) is 5.84 Å². The fourth-order valence-corrected chi connectivity index (χ4v) is 2.46. The molecule has 1 aromatic carbocycles. The number of amides is 1. The van der Waals surface area contributed by atoms with Crippen LogP contribution in [-0.2, 0) is 0 Å². The van der Waals surface area contributed by atoms with Gasteiger partial charge >= 0.3 is 0 Å². The molecule has 1 amide bonds. The maximum absolute atomic E-state index is 12.2. The summed E-state index contributed by atoms with van der Waals surface area (Å²) in [7, 11) is 0. The summed E-state index contributed by atoms with van der Waals surface area (Å²) in [5.74, 6) is 5.09. The summed E-state index contributed by atoms with van der Waals surface area (Å²) in [6.45, 7) is 0. The molecule has 0 fully saturated rings. The first-order valence-electron chi connectivity index (χ1n) is 5.40. The van der Waals surface area contributed by atoms with Gasteiger partial charge in [-0.3, -0.25) is 4.79 Å². The van der Waals surface area contributed by atoms with Crippen LogP contribution in [0.5, 0.6) is 0 Å². The Morgan fingerprint density at radius 1 is 1.20 bits per heavy atom. The third-order valence-electron chi connectivity index (χ3n) is 2.43. The molecule has 4 N–H and O–H groups in total. The number of nitrogens with two attached hydrogens (primary N) is 1. The second-order valence-corrected chi connectivity index (χ2v) is 4.99. The molecule has 0 aliphatic rings. The molecule has 0 unspecified atom stereocenters. The molecule has 8 heteroatoms. The Balaban J connectivity index is 2.33. The second kappa shape index (κ2) is 6.28. The second-order valence-electron chi connectivity index (χ2n) is 3.74. The molecule has 20 heavy (non-hydrogen) atoms. The predicted octanol–water partition coefficient (Wildman–Crippen LogP) is 3.58. The van der Waals surface area contributed by atoms with Crippen LogP contribution in [0.25, 0.3) is 0 Å². The fraction of sp³-hybridized carbons (Fsp3) is 0. The lowest BCUT2D eigenvalue weighted by Crippen LogP contribution is -2.18. The van der Waals surface area contributed by atoms with E-state index < -0.39 is 5.91 Å². The first-order valence-corrected chi connectivity index (χ1v) is 6.54. The van der Waals surface area contributed by atoms with Crippen molar-refractivity contribution in [1.82, 2.24) is 4.98 Å². The number of aromatic nitrogens is 1. The molecule has 104 valence electrons. The maximum Gasteiger partial charge on any atom is 0.259 e. The van der Waals surface area contributed by atoms with Gasteiger partial charge in [-0.25, -0.2) is 10.8 Å². The Morgan fingerprint density at radius 3 is 2.45 bits per heavy atom. The van der Waals surface area contributed by atoms with Crippen molar-refractivity contribution in [3.63, 3.8) is 0 Å². The van der Waals surface area contributed by atoms with E-state index in [1.54, 1.807) is 12.1 Å². The Hall–Kier alpha value is -1.53. The van der Waals surface area contributed by atoms with Gasteiger partial charge in [0.25, 0.3) is 5.91 Å². The molecule has 2 rings (SSSR count). The van der Waals surface area contributed by atoms with Crippen molar-refractivity contribution in [3.8, 4) is 0 Å². The van der Waals surface area contributed by atoms with Crippen LogP contribution in [-0.4, -0.2) is 10.9 Å². The van der Waals surface area contributed by atoms with Gasteiger partial charge in [-0.2, -0.15) is 0 Å². The van der Waals surface area contributed by atoms with E-state index in [-0.39, 0.29) is 27.1 Å². The molecule has 0 saturated carbocycles. The molecular weight excluding hydrogens is 323 g/mol. The minimum absolute atomic E-state index is 0.238. The minimum atomic E-state index is -0.447. The molecule has 0 aliphatic heterocycles. The van der Waals surface area contributed by atoms with Crippen LogP contribution in [0.3, 0.4) is 0 Å². The normalized spacial score (nSPS) is 10.2. The van der Waals surface area contributed by atoms with E-state index in [0.29, 0.717) is 5.02 Å². The zero-order valence-electron chi connectivity index (χ0n) is 9.95. The SMILES string of the molecule is NNc1ncccc1C(=O)Nc1c(Cl)cc(Cl)cc1Cl. The van der Waals surface area contributed by atoms with Crippen LogP contribution in [0, 0.1) is 0 Å². The van der Waals surface area contributed by atoms with Crippen LogP contribution in [0.15, 0.2) is 30.5 Å². The number of halogens is 3. The third-order valence-corrected chi connectivity index (χ3v) is 3.25. The number of rotatable bonds is 3. The summed E-state index contributed by atoms with van der Waals surface area (Å²) >= 11 is 17.8. The van der Waals surface area contributed by atoms with Gasteiger partial charge in [0.05, 0.1) is 21.3 Å². The summed E-state index contributed by atoms with van der Waals surface area (Å²) < 4.78 is 0. The van der Waals surface area contributed by atoms with Gasteiger partial charge in [0.1, 0.15) is 0 Å². The number of hydrogen-bond acceptors (Lipinski definition) is 4. The maximum atomic E-state index is 12.2. The van der Waals surface area contributed by atoms with E-state index in [0.717, 1.165) is 0 Å². The topological polar surface area (TPSA) is 80.0 Å². The van der Waals surface area contributed by atoms with Gasteiger partial charge in [-0.15, -0.1) is 0 Å². The quantitative estimate of drug-likeness (QED) is 0.593. The number of pyridine rings is 1. The van der Waals surface area contributed by atoms with Gasteiger partial charge in [0.15, 0.2) is 5.82 Å². The van der Waals surface area contributed by atoms with Crippen LogP contribution >= 0.6 is 34.8 Å². The van der Waals surface area contributed by atoms with Gasteiger partial charge in [-0.1, -0.05) is 34.8 Å². The van der Waals surface area contributed by atoms with Crippen molar-refractivity contribution in [3.05, 3.63) is 51.1 Å². The highest BCUT2D eigenvalue weighted by molar-refractivity contribution is 6.42. The number of benzene rings is 1. The van der Waals surface area contributed by atoms with Gasteiger partial charge < -0.3 is 10.7 Å². The summed E-state index contributed by atoms with van der Waals surface area (Å²) in [4.78, 5) is 16.1. The molecule has 0 atom stereocenters. The largest absolute Gasteiger partial charge is 0.319 e. The number of hydrazine groups is 1. The van der Waals surface area contributed by atoms with Crippen molar-refractivity contribution in [2.75, 3.05) is 10.7 Å². The number of carbonyl (C=O) groups is 1. The fourth-order valence-electron chi connectivity index (χ4n) is 1.55. The number of nitrogen functional groups attached to an aromatic ring is 1. The lowest BCUT2D eigenvalue weighted by molar-refractivity contribution is 0.102. The highest BCUT2D eigenvalue weighted by atomic mass is 35.5. The Morgan fingerprint density at radius 2 is 1.85 bits per heavy atom. The Kier molecular flexibility index (Phi) is 4.67. The molecule has 2 aromatic rings. The molecular formula is C12H9Cl3N4O. The Bertz CT molecular complexity index is 640. The molecule has 1 aromatic heterocycles. The number of anilines is 2. The summed E-state index contributed by atoms with van der Waals surface area (Å²) in [5.41, 5.74) is 2.88. The minimum Gasteiger partial charge on any atom is -0.319 e. The highest BCUT2D eigenvalue weighted by Crippen LogP contribution is 2.34. The number of carbonyl (C=O) groups excluding carboxylic acids is 1. The van der Waals surface area contributed by atoms with Crippen molar-refractivity contribution in [1.29, 1.82) is 0 Å². The average molecular weight is 332 g/mol. The number of nitrogens with zero attached hydrogens (tertiary/aromatic N) is 1. The first-order chi connectivity index (χ1) is 9.52. The van der Waals surface area contributed by atoms with Crippen molar-refractivity contribution >= 4 is 52.2 Å². The lowest BCUT2D eigenvalue weighted by Gasteiger charge is -2.11. The van der Waals surface area contributed by atoms with Crippen molar-refractivity contribution in [2.45, 2.75) is 0 Å². The molecule has 0 saturated heterocycles. The summed E-state index contributed by atoms with van der Waals surface area (Å²) in [6.07, 6.45) is 1.51. The summed E-state index contributed by atoms with van der Waals surface area (Å²) in [6, 6.07) is 6.14. The zero-order chi connectivity index (χ0) is 14.7. The van der Waals surface area contributed by atoms with Crippen LogP contribution in [0.2, 0.25) is 15.1 Å². The molecule has 1 heterocycles. The van der Waals surface area contributed by atoms with E-state index >= 15 is 0 Å². The number of hydrogen-bond donors (Lipinski definition) is 3. The molecule has 5 nitrogen and oxygen atoms in total. The van der Waals surface area contributed by atoms with Crippen LogP contribution in [0.4, 0.5) is 11.5 Å². The van der Waals surface area contributed by atoms with Gasteiger partial charge in [0, 0.05) is 11.2 Å². The third kappa shape index (κ3) is 3.13. The van der Waals surface area contributed by atoms with E-state index in [1.165, 1.54) is 18.3 Å². The average Bonchev–Trinajstić information content (AvgIpc) is 2.42. The van der Waals surface area contributed by atoms with Gasteiger partial charge in [-0.05, 0) is 24.3 Å². The smallest absolute Gasteiger partial charge is 0.259 e. The standard InChI is InChI=1S/C12H9Cl3N4O/c13-6-4-8(14)10(9(15)5-6)18-12(20)7-2-1-3-17-11(7)19-16/h1-5H,16H2,(H,17,19)(H,18,20). The summed E-state index contributed by atoms with van der Waals surface area (Å²) in [5, 5.41) is 3.45. The predicted molar refractivity (Wildman–Crippen MR) is 81.5 cm³/mol. The highest BCUT2D eigenvalue weighted by Gasteiger charge is 2.15. The first kappa shape index (κ1) is 14.9. The van der Waals surface area contributed by atoms with E-state index in [2.05, 4.69) is 15.7 Å². The lowest BCUT2D eigenvalue weighted by atomic mass is 10.2. The van der Waals surface area contributed by atoms with Crippen LogP contribution < -0.4 is 16.6 Å². The number of nitrogens with one attached hydrogen (secondary N) is 2. The van der Waals surface area contributed by atoms with E-state index in [9.17, 15) is 4.79 Å². The molecule has 0 aliphatic carbocycles. The van der Waals surface area contributed by atoms with Gasteiger partial charge in [0.2, 0.25) is 0 Å². The monoisotopic (exact) mass is 330 g/mol. The van der Waals surface area contributed by atoms with Crippen molar-refractivity contribution < 1.29 is 4.79 Å². The molecule has 0 spiro atoms. The zero-order valence-corrected chi connectivity index (χ0v) is 12.2. The van der Waals surface area contributed by atoms with E-state index in [1.807, 2.05) is 0 Å². The van der Waals surface area contributed by atoms with E-state index in [4.69, 9.17) is 40.6 Å².